The highest BCUT2D eigenvalue weighted by Crippen LogP contribution is 2.46. The second-order valence-corrected chi connectivity index (χ2v) is 10.6. The average Bonchev–Trinajstić information content (AvgIpc) is 3.03. The van der Waals surface area contributed by atoms with E-state index >= 15 is 0 Å². The summed E-state index contributed by atoms with van der Waals surface area (Å²) in [5.41, 5.74) is 4.51. The molecule has 0 fully saturated rings. The van der Waals surface area contributed by atoms with Gasteiger partial charge in [0.05, 0.1) is 33.6 Å². The predicted molar refractivity (Wildman–Crippen MR) is 126 cm³/mol. The van der Waals surface area contributed by atoms with Crippen LogP contribution in [0.2, 0.25) is 0 Å². The lowest BCUT2D eigenvalue weighted by atomic mass is 10.0. The first-order valence-electron chi connectivity index (χ1n) is 9.67. The van der Waals surface area contributed by atoms with Crippen LogP contribution in [0.4, 0.5) is 0 Å². The molecule has 2 N–H and O–H groups in total. The summed E-state index contributed by atoms with van der Waals surface area (Å²) in [5.74, 6) is 0. The van der Waals surface area contributed by atoms with Crippen molar-refractivity contribution in [2.45, 2.75) is 4.90 Å². The third-order valence-electron chi connectivity index (χ3n) is 5.29. The molecule has 0 amide bonds. The maximum atomic E-state index is 11.8. The SMILES string of the molecule is CS(=O)(=O)O.O=S(=O)(O)c1cc2c3c(cccc3c1)-c1nc3cc4ccccc4cc3nc1-2. The number of benzene rings is 4. The highest BCUT2D eigenvalue weighted by Gasteiger charge is 2.27. The molecular weight excluding hydrogens is 464 g/mol. The molecular formula is C23H16N2O6S2. The summed E-state index contributed by atoms with van der Waals surface area (Å²) >= 11 is 0. The van der Waals surface area contributed by atoms with Gasteiger partial charge in [-0.25, -0.2) is 9.97 Å². The normalized spacial score (nSPS) is 12.6. The van der Waals surface area contributed by atoms with Crippen LogP contribution in [0.15, 0.2) is 71.6 Å². The molecule has 10 heteroatoms. The third-order valence-corrected chi connectivity index (χ3v) is 6.12. The van der Waals surface area contributed by atoms with Gasteiger partial charge in [0.2, 0.25) is 0 Å². The molecule has 0 radical (unpaired) electrons. The van der Waals surface area contributed by atoms with Gasteiger partial charge >= 0.3 is 0 Å². The van der Waals surface area contributed by atoms with Crippen molar-refractivity contribution in [1.82, 2.24) is 9.97 Å². The molecule has 166 valence electrons. The van der Waals surface area contributed by atoms with Gasteiger partial charge in [-0.05, 0) is 40.4 Å². The van der Waals surface area contributed by atoms with Gasteiger partial charge in [-0.15, -0.1) is 0 Å². The second kappa shape index (κ2) is 7.29. The van der Waals surface area contributed by atoms with E-state index in [4.69, 9.17) is 14.5 Å². The number of hydrogen-bond donors (Lipinski definition) is 2. The van der Waals surface area contributed by atoms with Gasteiger partial charge in [-0.1, -0.05) is 42.5 Å². The molecule has 6 rings (SSSR count). The van der Waals surface area contributed by atoms with Gasteiger partial charge in [0.25, 0.3) is 20.2 Å². The van der Waals surface area contributed by atoms with E-state index in [2.05, 4.69) is 0 Å². The summed E-state index contributed by atoms with van der Waals surface area (Å²) in [7, 11) is -7.99. The molecule has 1 aromatic heterocycles. The topological polar surface area (TPSA) is 135 Å². The zero-order valence-electron chi connectivity index (χ0n) is 17.1. The van der Waals surface area contributed by atoms with Gasteiger partial charge in [-0.3, -0.25) is 9.11 Å². The third kappa shape index (κ3) is 3.93. The van der Waals surface area contributed by atoms with Crippen molar-refractivity contribution >= 4 is 52.8 Å². The summed E-state index contributed by atoms with van der Waals surface area (Å²) in [6.45, 7) is 0. The minimum Gasteiger partial charge on any atom is -0.286 e. The van der Waals surface area contributed by atoms with Crippen molar-refractivity contribution in [3.63, 3.8) is 0 Å². The largest absolute Gasteiger partial charge is 0.294 e. The summed E-state index contributed by atoms with van der Waals surface area (Å²) in [4.78, 5) is 9.55. The Kier molecular flexibility index (Phi) is 4.73. The molecule has 1 aliphatic rings. The lowest BCUT2D eigenvalue weighted by Crippen LogP contribution is -1.98. The zero-order valence-corrected chi connectivity index (χ0v) is 18.7. The van der Waals surface area contributed by atoms with Crippen LogP contribution in [0.1, 0.15) is 0 Å². The number of rotatable bonds is 1. The first kappa shape index (κ1) is 21.4. The van der Waals surface area contributed by atoms with Gasteiger partial charge in [0.15, 0.2) is 0 Å². The lowest BCUT2D eigenvalue weighted by Gasteiger charge is -2.06. The molecule has 8 nitrogen and oxygen atoms in total. The Hall–Kier alpha value is -3.44. The number of hydrogen-bond acceptors (Lipinski definition) is 6. The molecule has 0 spiro atoms. The van der Waals surface area contributed by atoms with Crippen molar-refractivity contribution in [2.75, 3.05) is 6.26 Å². The Morgan fingerprint density at radius 3 is 1.73 bits per heavy atom. The van der Waals surface area contributed by atoms with E-state index in [0.717, 1.165) is 43.8 Å². The van der Waals surface area contributed by atoms with E-state index in [1.54, 1.807) is 0 Å². The van der Waals surface area contributed by atoms with Crippen LogP contribution in [-0.4, -0.2) is 42.2 Å². The summed E-state index contributed by atoms with van der Waals surface area (Å²) in [5, 5.41) is 3.80. The van der Waals surface area contributed by atoms with Crippen LogP contribution in [-0.2, 0) is 20.2 Å². The highest BCUT2D eigenvalue weighted by atomic mass is 32.2. The summed E-state index contributed by atoms with van der Waals surface area (Å²) in [6, 6.07) is 20.7. The number of fused-ring (bicyclic) bond motifs is 5. The van der Waals surface area contributed by atoms with Crippen LogP contribution >= 0.6 is 0 Å². The van der Waals surface area contributed by atoms with Crippen LogP contribution < -0.4 is 0 Å². The smallest absolute Gasteiger partial charge is 0.286 e. The van der Waals surface area contributed by atoms with Crippen LogP contribution in [0.25, 0.3) is 55.1 Å². The maximum Gasteiger partial charge on any atom is 0.294 e. The number of aromatic nitrogens is 2. The van der Waals surface area contributed by atoms with Gasteiger partial charge in [0.1, 0.15) is 0 Å². The molecule has 0 unspecified atom stereocenters. The van der Waals surface area contributed by atoms with Crippen molar-refractivity contribution < 1.29 is 25.9 Å². The lowest BCUT2D eigenvalue weighted by molar-refractivity contribution is 0.482. The first-order chi connectivity index (χ1) is 15.5. The monoisotopic (exact) mass is 480 g/mol. The average molecular weight is 481 g/mol. The van der Waals surface area contributed by atoms with E-state index in [1.165, 1.54) is 12.1 Å². The Labute approximate surface area is 189 Å². The molecule has 1 heterocycles. The second-order valence-electron chi connectivity index (χ2n) is 7.69. The number of nitrogens with zero attached hydrogens (tertiary/aromatic N) is 2. The van der Waals surface area contributed by atoms with Crippen LogP contribution in [0, 0.1) is 0 Å². The summed E-state index contributed by atoms with van der Waals surface area (Å²) in [6.07, 6.45) is 0.715. The predicted octanol–water partition coefficient (Wildman–Crippen LogP) is 4.33. The minimum absolute atomic E-state index is 0.139. The van der Waals surface area contributed by atoms with Gasteiger partial charge in [-0.2, -0.15) is 16.8 Å². The Balaban J connectivity index is 0.000000416. The quantitative estimate of drug-likeness (QED) is 0.262. The molecule has 0 saturated carbocycles. The van der Waals surface area contributed by atoms with Crippen molar-refractivity contribution in [2.24, 2.45) is 0 Å². The molecule has 0 saturated heterocycles. The summed E-state index contributed by atoms with van der Waals surface area (Å²) < 4.78 is 58.9. The van der Waals surface area contributed by atoms with Gasteiger partial charge in [0, 0.05) is 16.5 Å². The van der Waals surface area contributed by atoms with Crippen LogP contribution in [0.3, 0.4) is 0 Å². The van der Waals surface area contributed by atoms with Gasteiger partial charge < -0.3 is 0 Å². The molecule has 0 bridgehead atoms. The van der Waals surface area contributed by atoms with Crippen LogP contribution in [0.5, 0.6) is 0 Å². The minimum atomic E-state index is -4.33. The molecule has 0 atom stereocenters. The van der Waals surface area contributed by atoms with Crippen molar-refractivity contribution in [3.05, 3.63) is 66.7 Å². The fourth-order valence-corrected chi connectivity index (χ4v) is 4.59. The maximum absolute atomic E-state index is 11.8. The first-order valence-corrected chi connectivity index (χ1v) is 13.0. The van der Waals surface area contributed by atoms with E-state index in [9.17, 15) is 21.4 Å². The van der Waals surface area contributed by atoms with Crippen molar-refractivity contribution in [1.29, 1.82) is 0 Å². The van der Waals surface area contributed by atoms with E-state index < -0.39 is 20.2 Å². The zero-order chi connectivity index (χ0) is 23.5. The molecule has 0 aliphatic heterocycles. The molecule has 5 aromatic rings. The molecule has 33 heavy (non-hydrogen) atoms. The Morgan fingerprint density at radius 2 is 1.18 bits per heavy atom. The van der Waals surface area contributed by atoms with E-state index in [-0.39, 0.29) is 4.90 Å². The Morgan fingerprint density at radius 1 is 0.667 bits per heavy atom. The van der Waals surface area contributed by atoms with Crippen molar-refractivity contribution in [3.8, 4) is 22.5 Å². The Bertz CT molecular complexity index is 1820. The fourth-order valence-electron chi connectivity index (χ4n) is 4.05. The van der Waals surface area contributed by atoms with E-state index in [1.807, 2.05) is 54.6 Å². The highest BCUT2D eigenvalue weighted by molar-refractivity contribution is 7.86. The van der Waals surface area contributed by atoms with E-state index in [0.29, 0.717) is 17.5 Å². The standard InChI is InChI=1S/C22H12N2O3S.CH4O3S/c25-28(26,27)15-8-14-6-3-7-16-20(14)17(11-15)22-21(16)23-18-9-12-4-1-2-5-13(12)10-19(18)24-22;1-5(2,3)4/h1-11H,(H,25,26,27);1H3,(H,2,3,4). The molecule has 4 aromatic carbocycles. The molecule has 1 aliphatic carbocycles. The fraction of sp³-hybridized carbons (Fsp3) is 0.0435.